The molecule has 1 aromatic heterocycles. The molecule has 0 saturated heterocycles. The molecule has 0 aliphatic heterocycles. The minimum absolute atomic E-state index is 0.340. The Kier molecular flexibility index (Phi) is 5.90. The van der Waals surface area contributed by atoms with Crippen LogP contribution in [0.2, 0.25) is 0 Å². The molecule has 0 radical (unpaired) electrons. The van der Waals surface area contributed by atoms with E-state index in [1.165, 1.54) is 0 Å². The summed E-state index contributed by atoms with van der Waals surface area (Å²) in [6, 6.07) is 10.9. The number of halogens is 1. The summed E-state index contributed by atoms with van der Waals surface area (Å²) in [7, 11) is 0. The van der Waals surface area contributed by atoms with E-state index in [0.29, 0.717) is 31.0 Å². The lowest BCUT2D eigenvalue weighted by Crippen LogP contribution is -2.20. The van der Waals surface area contributed by atoms with Crippen LogP contribution in [0.4, 0.5) is 20.7 Å². The molecule has 2 aromatic carbocycles. The van der Waals surface area contributed by atoms with Gasteiger partial charge in [0.15, 0.2) is 5.82 Å². The molecule has 0 spiro atoms. The minimum atomic E-state index is -0.371. The summed E-state index contributed by atoms with van der Waals surface area (Å²) in [4.78, 5) is 12.3. The van der Waals surface area contributed by atoms with Crippen molar-refractivity contribution in [2.45, 2.75) is 26.7 Å². The van der Waals surface area contributed by atoms with Crippen LogP contribution in [0.25, 0.3) is 10.9 Å². The van der Waals surface area contributed by atoms with E-state index in [4.69, 9.17) is 4.74 Å². The molecule has 3 aromatic rings. The zero-order chi connectivity index (χ0) is 19.2. The molecule has 0 unspecified atom stereocenters. The molecular weight excluding hydrogens is 347 g/mol. The standard InChI is InChI=1S/C20H23FN4O2/c1-13-5-7-17(14(2)11-13)22-20(26)23-19-16-12-15(27-10-4-3-9-21)6-8-18(16)24-25-19/h5-8,11-12H,3-4,9-10H2,1-2H3,(H3,22,23,24,25,26). The fraction of sp³-hybridized carbons (Fsp3) is 0.300. The number of benzene rings is 2. The number of amides is 2. The zero-order valence-electron chi connectivity index (χ0n) is 15.4. The van der Waals surface area contributed by atoms with Crippen molar-refractivity contribution < 1.29 is 13.9 Å². The van der Waals surface area contributed by atoms with Crippen LogP contribution in [0.15, 0.2) is 36.4 Å². The first-order chi connectivity index (χ1) is 13.1. The number of aryl methyl sites for hydroxylation is 2. The lowest BCUT2D eigenvalue weighted by Gasteiger charge is -2.10. The van der Waals surface area contributed by atoms with Gasteiger partial charge >= 0.3 is 6.03 Å². The molecule has 0 fully saturated rings. The number of aromatic nitrogens is 2. The van der Waals surface area contributed by atoms with E-state index in [0.717, 1.165) is 27.7 Å². The van der Waals surface area contributed by atoms with Crippen LogP contribution in [0.5, 0.6) is 5.75 Å². The second-order valence-corrected chi connectivity index (χ2v) is 6.42. The van der Waals surface area contributed by atoms with Gasteiger partial charge in [-0.2, -0.15) is 5.10 Å². The number of nitrogens with one attached hydrogen (secondary N) is 3. The van der Waals surface area contributed by atoms with Crippen LogP contribution in [-0.2, 0) is 0 Å². The minimum Gasteiger partial charge on any atom is -0.494 e. The average Bonchev–Trinajstić information content (AvgIpc) is 3.03. The van der Waals surface area contributed by atoms with Crippen molar-refractivity contribution in [2.24, 2.45) is 0 Å². The number of alkyl halides is 1. The van der Waals surface area contributed by atoms with Crippen molar-refractivity contribution in [2.75, 3.05) is 23.9 Å². The predicted octanol–water partition coefficient (Wildman–Crippen LogP) is 4.95. The van der Waals surface area contributed by atoms with E-state index >= 15 is 0 Å². The number of ether oxygens (including phenoxy) is 1. The number of fused-ring (bicyclic) bond motifs is 1. The summed E-state index contributed by atoms with van der Waals surface area (Å²) in [5.74, 6) is 1.07. The van der Waals surface area contributed by atoms with Crippen LogP contribution in [0.1, 0.15) is 24.0 Å². The molecule has 1 heterocycles. The molecule has 0 bridgehead atoms. The number of carbonyl (C=O) groups excluding carboxylic acids is 1. The quantitative estimate of drug-likeness (QED) is 0.515. The summed E-state index contributed by atoms with van der Waals surface area (Å²) >= 11 is 0. The van der Waals surface area contributed by atoms with E-state index in [2.05, 4.69) is 20.8 Å². The Bertz CT molecular complexity index is 939. The second-order valence-electron chi connectivity index (χ2n) is 6.42. The number of urea groups is 1. The van der Waals surface area contributed by atoms with Crippen molar-refractivity contribution in [3.05, 3.63) is 47.5 Å². The highest BCUT2D eigenvalue weighted by atomic mass is 19.1. The van der Waals surface area contributed by atoms with Crippen molar-refractivity contribution in [3.63, 3.8) is 0 Å². The first-order valence-electron chi connectivity index (χ1n) is 8.89. The van der Waals surface area contributed by atoms with Crippen molar-refractivity contribution in [1.82, 2.24) is 10.2 Å². The van der Waals surface area contributed by atoms with Crippen molar-refractivity contribution >= 4 is 28.4 Å². The Morgan fingerprint density at radius 2 is 2.00 bits per heavy atom. The highest BCUT2D eigenvalue weighted by molar-refractivity contribution is 6.05. The van der Waals surface area contributed by atoms with Gasteiger partial charge in [-0.25, -0.2) is 4.79 Å². The number of hydrogen-bond donors (Lipinski definition) is 3. The van der Waals surface area contributed by atoms with Crippen LogP contribution < -0.4 is 15.4 Å². The highest BCUT2D eigenvalue weighted by Gasteiger charge is 2.11. The smallest absolute Gasteiger partial charge is 0.324 e. The number of rotatable bonds is 7. The second kappa shape index (κ2) is 8.53. The van der Waals surface area contributed by atoms with Gasteiger partial charge in [0.1, 0.15) is 5.75 Å². The third-order valence-electron chi connectivity index (χ3n) is 4.19. The Labute approximate surface area is 157 Å². The van der Waals surface area contributed by atoms with Gasteiger partial charge < -0.3 is 10.1 Å². The lowest BCUT2D eigenvalue weighted by atomic mass is 10.1. The Hall–Kier alpha value is -3.09. The maximum Gasteiger partial charge on any atom is 0.324 e. The molecule has 0 aliphatic rings. The van der Waals surface area contributed by atoms with Crippen molar-refractivity contribution in [3.8, 4) is 5.75 Å². The molecule has 0 atom stereocenters. The molecule has 7 heteroatoms. The molecule has 0 aliphatic carbocycles. The molecule has 27 heavy (non-hydrogen) atoms. The summed E-state index contributed by atoms with van der Waals surface area (Å²) in [6.07, 6.45) is 1.14. The number of H-pyrrole nitrogens is 1. The summed E-state index contributed by atoms with van der Waals surface area (Å²) in [5, 5.41) is 13.4. The zero-order valence-corrected chi connectivity index (χ0v) is 15.4. The summed E-state index contributed by atoms with van der Waals surface area (Å²) in [5.41, 5.74) is 3.65. The fourth-order valence-electron chi connectivity index (χ4n) is 2.78. The molecular formula is C20H23FN4O2. The van der Waals surface area contributed by atoms with Crippen molar-refractivity contribution in [1.29, 1.82) is 0 Å². The molecule has 2 amide bonds. The number of hydrogen-bond acceptors (Lipinski definition) is 3. The maximum atomic E-state index is 12.3. The van der Waals surface area contributed by atoms with Gasteiger partial charge in [-0.15, -0.1) is 0 Å². The van der Waals surface area contributed by atoms with E-state index in [1.807, 2.05) is 44.2 Å². The Morgan fingerprint density at radius 1 is 1.15 bits per heavy atom. The van der Waals surface area contributed by atoms with E-state index in [1.54, 1.807) is 6.07 Å². The van der Waals surface area contributed by atoms with Crippen LogP contribution >= 0.6 is 0 Å². The Balaban J connectivity index is 1.69. The number of anilines is 2. The van der Waals surface area contributed by atoms with E-state index < -0.39 is 0 Å². The van der Waals surface area contributed by atoms with Crippen LogP contribution in [0, 0.1) is 13.8 Å². The van der Waals surface area contributed by atoms with Gasteiger partial charge in [-0.05, 0) is 56.5 Å². The van der Waals surface area contributed by atoms with Gasteiger partial charge in [0.25, 0.3) is 0 Å². The fourth-order valence-corrected chi connectivity index (χ4v) is 2.78. The number of aromatic amines is 1. The topological polar surface area (TPSA) is 79.0 Å². The Morgan fingerprint density at radius 3 is 2.78 bits per heavy atom. The van der Waals surface area contributed by atoms with Gasteiger partial charge in [0.05, 0.1) is 18.8 Å². The van der Waals surface area contributed by atoms with Crippen LogP contribution in [0.3, 0.4) is 0 Å². The van der Waals surface area contributed by atoms with Crippen LogP contribution in [-0.4, -0.2) is 29.5 Å². The third-order valence-corrected chi connectivity index (χ3v) is 4.19. The van der Waals surface area contributed by atoms with Gasteiger partial charge in [-0.1, -0.05) is 17.7 Å². The highest BCUT2D eigenvalue weighted by Crippen LogP contribution is 2.26. The molecule has 3 N–H and O–H groups in total. The summed E-state index contributed by atoms with van der Waals surface area (Å²) in [6.45, 7) is 4.06. The van der Waals surface area contributed by atoms with Gasteiger partial charge in [0.2, 0.25) is 0 Å². The molecule has 6 nitrogen and oxygen atoms in total. The summed E-state index contributed by atoms with van der Waals surface area (Å²) < 4.78 is 17.8. The number of unbranched alkanes of at least 4 members (excludes halogenated alkanes) is 1. The maximum absolute atomic E-state index is 12.3. The molecule has 3 rings (SSSR count). The molecule has 142 valence electrons. The van der Waals surface area contributed by atoms with Gasteiger partial charge in [-0.3, -0.25) is 14.8 Å². The monoisotopic (exact) mass is 370 g/mol. The normalized spacial score (nSPS) is 10.8. The van der Waals surface area contributed by atoms with Gasteiger partial charge in [0, 0.05) is 11.1 Å². The number of carbonyl (C=O) groups is 1. The third kappa shape index (κ3) is 4.75. The average molecular weight is 370 g/mol. The first kappa shape index (κ1) is 18.7. The van der Waals surface area contributed by atoms with E-state index in [-0.39, 0.29) is 12.7 Å². The van der Waals surface area contributed by atoms with E-state index in [9.17, 15) is 9.18 Å². The predicted molar refractivity (Wildman–Crippen MR) is 105 cm³/mol. The first-order valence-corrected chi connectivity index (χ1v) is 8.89. The molecule has 0 saturated carbocycles. The largest absolute Gasteiger partial charge is 0.494 e. The number of nitrogens with zero attached hydrogens (tertiary/aromatic N) is 1. The SMILES string of the molecule is Cc1ccc(NC(=O)Nc2n[nH]c3ccc(OCCCCF)cc23)c(C)c1. The lowest BCUT2D eigenvalue weighted by molar-refractivity contribution is 0.262.